The first-order chi connectivity index (χ1) is 9.31. The summed E-state index contributed by atoms with van der Waals surface area (Å²) in [5, 5.41) is 11.6. The minimum absolute atomic E-state index is 0.0788. The van der Waals surface area contributed by atoms with Crippen LogP contribution in [0.5, 0.6) is 0 Å². The van der Waals surface area contributed by atoms with Crippen LogP contribution in [0.1, 0.15) is 51.9 Å². The number of carboxylic acid groups (broad SMARTS) is 1. The van der Waals surface area contributed by atoms with Gasteiger partial charge in [-0.3, -0.25) is 14.4 Å². The highest BCUT2D eigenvalue weighted by Gasteiger charge is 2.35. The number of aromatic amines is 1. The van der Waals surface area contributed by atoms with Crippen LogP contribution < -0.4 is 5.32 Å². The van der Waals surface area contributed by atoms with E-state index in [1.807, 2.05) is 0 Å². The summed E-state index contributed by atoms with van der Waals surface area (Å²) in [4.78, 5) is 37.3. The van der Waals surface area contributed by atoms with Crippen molar-refractivity contribution in [2.75, 3.05) is 0 Å². The van der Waals surface area contributed by atoms with E-state index < -0.39 is 5.97 Å². The quantitative estimate of drug-likeness (QED) is 0.725. The van der Waals surface area contributed by atoms with Crippen molar-refractivity contribution in [2.45, 2.75) is 39.7 Å². The summed E-state index contributed by atoms with van der Waals surface area (Å²) >= 11 is 0. The summed E-state index contributed by atoms with van der Waals surface area (Å²) < 4.78 is 0. The smallest absolute Gasteiger partial charge is 0.306 e. The predicted octanol–water partition coefficient (Wildman–Crippen LogP) is 1.43. The van der Waals surface area contributed by atoms with E-state index in [9.17, 15) is 14.4 Å². The maximum absolute atomic E-state index is 12.1. The molecule has 1 aromatic heterocycles. The van der Waals surface area contributed by atoms with E-state index in [4.69, 9.17) is 5.11 Å². The molecule has 1 aliphatic carbocycles. The molecule has 2 rings (SSSR count). The summed E-state index contributed by atoms with van der Waals surface area (Å²) in [6.07, 6.45) is 0.915. The van der Waals surface area contributed by atoms with Gasteiger partial charge < -0.3 is 15.4 Å². The monoisotopic (exact) mass is 278 g/mol. The van der Waals surface area contributed by atoms with E-state index in [-0.39, 0.29) is 23.7 Å². The Balaban J connectivity index is 2.06. The van der Waals surface area contributed by atoms with Crippen molar-refractivity contribution in [3.8, 4) is 0 Å². The maximum atomic E-state index is 12.1. The van der Waals surface area contributed by atoms with E-state index in [1.165, 1.54) is 6.92 Å². The summed E-state index contributed by atoms with van der Waals surface area (Å²) in [6, 6.07) is -0.104. The van der Waals surface area contributed by atoms with Crippen molar-refractivity contribution in [1.82, 2.24) is 10.3 Å². The molecule has 1 aliphatic rings. The van der Waals surface area contributed by atoms with Crippen LogP contribution in [0.15, 0.2) is 0 Å². The first kappa shape index (κ1) is 14.3. The third kappa shape index (κ3) is 2.45. The lowest BCUT2D eigenvalue weighted by atomic mass is 9.80. The lowest BCUT2D eigenvalue weighted by Crippen LogP contribution is -2.46. The molecule has 0 radical (unpaired) electrons. The molecular formula is C14H18N2O4. The van der Waals surface area contributed by atoms with Crippen LogP contribution in [0.3, 0.4) is 0 Å². The van der Waals surface area contributed by atoms with Crippen LogP contribution >= 0.6 is 0 Å². The van der Waals surface area contributed by atoms with Crippen molar-refractivity contribution < 1.29 is 19.5 Å². The van der Waals surface area contributed by atoms with Crippen molar-refractivity contribution in [1.29, 1.82) is 0 Å². The Bertz CT molecular complexity index is 582. The molecule has 0 unspecified atom stereocenters. The number of ketones is 1. The molecule has 0 aliphatic heterocycles. The van der Waals surface area contributed by atoms with Crippen LogP contribution in [0.4, 0.5) is 0 Å². The van der Waals surface area contributed by atoms with Gasteiger partial charge >= 0.3 is 5.97 Å². The summed E-state index contributed by atoms with van der Waals surface area (Å²) in [5.41, 5.74) is 2.25. The van der Waals surface area contributed by atoms with Gasteiger partial charge in [0.05, 0.1) is 5.92 Å². The number of amides is 1. The Kier molecular flexibility index (Phi) is 3.65. The number of rotatable bonds is 4. The molecule has 6 heteroatoms. The maximum Gasteiger partial charge on any atom is 0.306 e. The van der Waals surface area contributed by atoms with Gasteiger partial charge in [-0.05, 0) is 39.2 Å². The third-order valence-electron chi connectivity index (χ3n) is 3.84. The van der Waals surface area contributed by atoms with E-state index in [0.29, 0.717) is 35.4 Å². The second-order valence-corrected chi connectivity index (χ2v) is 5.36. The van der Waals surface area contributed by atoms with E-state index in [0.717, 1.165) is 0 Å². The zero-order valence-electron chi connectivity index (χ0n) is 11.7. The standard InChI is InChI=1S/C14H18N2O4/c1-6-11(8(3)17)7(2)15-12(6)13(18)16-10-4-9(5-10)14(19)20/h9-10,15H,4-5H2,1-3H3,(H,16,18)(H,19,20). The number of Topliss-reactive ketones (excluding diaryl/α,β-unsaturated/α-hetero) is 1. The molecule has 0 atom stereocenters. The molecule has 1 heterocycles. The van der Waals surface area contributed by atoms with E-state index >= 15 is 0 Å². The fourth-order valence-electron chi connectivity index (χ4n) is 2.70. The van der Waals surface area contributed by atoms with E-state index in [2.05, 4.69) is 10.3 Å². The second kappa shape index (κ2) is 5.11. The summed E-state index contributed by atoms with van der Waals surface area (Å²) in [6.45, 7) is 4.95. The van der Waals surface area contributed by atoms with Crippen LogP contribution in [0.2, 0.25) is 0 Å². The van der Waals surface area contributed by atoms with Gasteiger partial charge in [0.1, 0.15) is 5.69 Å². The number of aryl methyl sites for hydroxylation is 1. The second-order valence-electron chi connectivity index (χ2n) is 5.36. The van der Waals surface area contributed by atoms with Gasteiger partial charge in [0.15, 0.2) is 5.78 Å². The molecule has 20 heavy (non-hydrogen) atoms. The van der Waals surface area contributed by atoms with Gasteiger partial charge in [0, 0.05) is 17.3 Å². The Morgan fingerprint density at radius 2 is 1.85 bits per heavy atom. The number of carbonyl (C=O) groups excluding carboxylic acids is 2. The molecule has 0 saturated heterocycles. The largest absolute Gasteiger partial charge is 0.481 e. The van der Waals surface area contributed by atoms with Gasteiger partial charge in [0.2, 0.25) is 0 Å². The number of hydrogen-bond acceptors (Lipinski definition) is 3. The Hall–Kier alpha value is -2.11. The zero-order valence-corrected chi connectivity index (χ0v) is 11.7. The molecule has 1 fully saturated rings. The summed E-state index contributed by atoms with van der Waals surface area (Å²) in [7, 11) is 0. The van der Waals surface area contributed by atoms with E-state index in [1.54, 1.807) is 13.8 Å². The molecule has 1 saturated carbocycles. The number of aliphatic carboxylic acids is 1. The Morgan fingerprint density at radius 1 is 1.25 bits per heavy atom. The average Bonchev–Trinajstić information content (AvgIpc) is 2.57. The molecule has 0 bridgehead atoms. The SMILES string of the molecule is CC(=O)c1c(C)[nH]c(C(=O)NC2CC(C(=O)O)C2)c1C. The van der Waals surface area contributed by atoms with Crippen molar-refractivity contribution in [3.63, 3.8) is 0 Å². The molecule has 0 aromatic carbocycles. The number of nitrogens with one attached hydrogen (secondary N) is 2. The fourth-order valence-corrected chi connectivity index (χ4v) is 2.70. The third-order valence-corrected chi connectivity index (χ3v) is 3.84. The first-order valence-electron chi connectivity index (χ1n) is 6.55. The number of hydrogen-bond donors (Lipinski definition) is 3. The highest BCUT2D eigenvalue weighted by molar-refractivity contribution is 6.02. The van der Waals surface area contributed by atoms with Gasteiger partial charge in [-0.25, -0.2) is 0 Å². The molecule has 3 N–H and O–H groups in total. The van der Waals surface area contributed by atoms with Crippen LogP contribution in [-0.2, 0) is 4.79 Å². The predicted molar refractivity (Wildman–Crippen MR) is 71.9 cm³/mol. The number of H-pyrrole nitrogens is 1. The van der Waals surface area contributed by atoms with Crippen molar-refractivity contribution in [3.05, 3.63) is 22.5 Å². The van der Waals surface area contributed by atoms with Crippen LogP contribution in [-0.4, -0.2) is 33.8 Å². The Labute approximate surface area is 116 Å². The Morgan fingerprint density at radius 3 is 2.30 bits per heavy atom. The molecule has 108 valence electrons. The minimum Gasteiger partial charge on any atom is -0.481 e. The van der Waals surface area contributed by atoms with Gasteiger partial charge in [0.25, 0.3) is 5.91 Å². The zero-order chi connectivity index (χ0) is 15.0. The van der Waals surface area contributed by atoms with Crippen molar-refractivity contribution >= 4 is 17.7 Å². The lowest BCUT2D eigenvalue weighted by Gasteiger charge is -2.32. The molecule has 0 spiro atoms. The molecule has 1 amide bonds. The molecular weight excluding hydrogens is 260 g/mol. The average molecular weight is 278 g/mol. The normalized spacial score (nSPS) is 21.1. The number of carbonyl (C=O) groups is 3. The topological polar surface area (TPSA) is 99.3 Å². The molecule has 1 aromatic rings. The first-order valence-corrected chi connectivity index (χ1v) is 6.55. The van der Waals surface area contributed by atoms with Crippen molar-refractivity contribution in [2.24, 2.45) is 5.92 Å². The van der Waals surface area contributed by atoms with Gasteiger partial charge in [-0.1, -0.05) is 0 Å². The number of aromatic nitrogens is 1. The number of carboxylic acids is 1. The minimum atomic E-state index is -0.818. The highest BCUT2D eigenvalue weighted by atomic mass is 16.4. The fraction of sp³-hybridized carbons (Fsp3) is 0.500. The molecule has 6 nitrogen and oxygen atoms in total. The lowest BCUT2D eigenvalue weighted by molar-refractivity contribution is -0.145. The highest BCUT2D eigenvalue weighted by Crippen LogP contribution is 2.28. The van der Waals surface area contributed by atoms with Crippen LogP contribution in [0.25, 0.3) is 0 Å². The van der Waals surface area contributed by atoms with Gasteiger partial charge in [-0.15, -0.1) is 0 Å². The summed E-state index contributed by atoms with van der Waals surface area (Å²) in [5.74, 6) is -1.54. The van der Waals surface area contributed by atoms with Gasteiger partial charge in [-0.2, -0.15) is 0 Å². The van der Waals surface area contributed by atoms with Crippen LogP contribution in [0, 0.1) is 19.8 Å².